The summed E-state index contributed by atoms with van der Waals surface area (Å²) in [6.07, 6.45) is 0. The maximum absolute atomic E-state index is 10.9. The summed E-state index contributed by atoms with van der Waals surface area (Å²) in [6, 6.07) is 56.7. The van der Waals surface area contributed by atoms with Crippen molar-refractivity contribution in [1.82, 2.24) is 4.98 Å². The van der Waals surface area contributed by atoms with Crippen molar-refractivity contribution in [2.24, 2.45) is 0 Å². The Labute approximate surface area is 329 Å². The predicted molar refractivity (Wildman–Crippen MR) is 227 cm³/mol. The molecule has 0 atom stereocenters. The molecule has 0 amide bonds. The second kappa shape index (κ2) is 13.8. The van der Waals surface area contributed by atoms with Gasteiger partial charge in [0.05, 0.1) is 5.76 Å². The fourth-order valence-electron chi connectivity index (χ4n) is 7.59. The van der Waals surface area contributed by atoms with Crippen LogP contribution in [0.5, 0.6) is 0 Å². The Bertz CT molecular complexity index is 3190. The van der Waals surface area contributed by atoms with Crippen LogP contribution >= 0.6 is 11.3 Å². The fourth-order valence-corrected chi connectivity index (χ4v) is 8.82. The number of nitrogens with one attached hydrogen (secondary N) is 1. The molecule has 6 heteroatoms. The van der Waals surface area contributed by atoms with Gasteiger partial charge < -0.3 is 20.1 Å². The molecule has 0 aliphatic heterocycles. The van der Waals surface area contributed by atoms with Gasteiger partial charge in [0.25, 0.3) is 0 Å². The van der Waals surface area contributed by atoms with Crippen LogP contribution in [0.2, 0.25) is 0 Å². The van der Waals surface area contributed by atoms with Crippen LogP contribution in [0.15, 0.2) is 168 Å². The number of nitrogens with zero attached hydrogens (tertiary/aromatic N) is 2. The summed E-state index contributed by atoms with van der Waals surface area (Å²) in [4.78, 5) is 3.55. The van der Waals surface area contributed by atoms with Crippen molar-refractivity contribution < 1.29 is 25.5 Å². The normalized spacial score (nSPS) is 11.4. The summed E-state index contributed by atoms with van der Waals surface area (Å²) in [7, 11) is 1.71. The van der Waals surface area contributed by atoms with Crippen molar-refractivity contribution in [2.45, 2.75) is 0 Å². The van der Waals surface area contributed by atoms with Crippen LogP contribution in [-0.4, -0.2) is 17.7 Å². The number of rotatable bonds is 4. The topological polar surface area (TPSA) is 65.3 Å². The van der Waals surface area contributed by atoms with Gasteiger partial charge in [-0.15, -0.1) is 24.1 Å². The van der Waals surface area contributed by atoms with E-state index in [1.54, 1.807) is 7.05 Å². The van der Waals surface area contributed by atoms with Crippen molar-refractivity contribution in [3.05, 3.63) is 186 Å². The molecule has 0 spiro atoms. The number of H-pyrrole nitrogens is 1. The largest absolute Gasteiger partial charge is 2.00 e. The molecule has 0 fully saturated rings. The van der Waals surface area contributed by atoms with Crippen LogP contribution < -0.4 is 0 Å². The van der Waals surface area contributed by atoms with E-state index in [4.69, 9.17) is 4.42 Å². The van der Waals surface area contributed by atoms with E-state index in [-0.39, 0.29) is 26.8 Å². The standard InChI is InChI=1S/C26H18N2O.C22H13NS.W/c1-28-25-22-8-4-5-9-23(22)29-26(25)24(27)19-13-10-18(11-14-19)21-15-12-17-6-2-3-7-20(17)16-21;1-3-7-19-14(5-1)18-12-17-13(11-20(18)23-19)9-10-16-15-6-2-4-8-21(15)24-22(16)17;/h2-16H,1H3;1-12,23H;/q-2;;+2. The van der Waals surface area contributed by atoms with Crippen molar-refractivity contribution in [2.75, 3.05) is 7.05 Å². The third-order valence-electron chi connectivity index (χ3n) is 10.2. The predicted octanol–water partition coefficient (Wildman–Crippen LogP) is 14.1. The minimum Gasteiger partial charge on any atom is -0.800 e. The van der Waals surface area contributed by atoms with Gasteiger partial charge in [-0.3, -0.25) is 0 Å². The van der Waals surface area contributed by atoms with Crippen LogP contribution in [0.1, 0.15) is 11.3 Å². The summed E-state index contributed by atoms with van der Waals surface area (Å²) in [5.74, 6) is 0.396. The average Bonchev–Trinajstić information content (AvgIpc) is 3.91. The number of furan rings is 1. The van der Waals surface area contributed by atoms with Crippen LogP contribution in [0.25, 0.3) is 96.3 Å². The van der Waals surface area contributed by atoms with Gasteiger partial charge in [0.1, 0.15) is 5.58 Å². The quantitative estimate of drug-likeness (QED) is 0.176. The molecule has 3 heterocycles. The zero-order valence-electron chi connectivity index (χ0n) is 29.2. The van der Waals surface area contributed by atoms with Gasteiger partial charge >= 0.3 is 21.1 Å². The van der Waals surface area contributed by atoms with Gasteiger partial charge in [0.15, 0.2) is 0 Å². The SMILES string of the molecule is C[N-]c1c(C(=[N-])c2ccc(-c3ccc4ccccc4c3)cc2)oc2ccccc12.[W+2].c1ccc2c(c1)[nH]c1cc3ccc4c5ccccc5sc4c3cc12. The molecule has 54 heavy (non-hydrogen) atoms. The smallest absolute Gasteiger partial charge is 0.800 e. The van der Waals surface area contributed by atoms with Gasteiger partial charge in [0, 0.05) is 52.8 Å². The number of benzene rings is 8. The molecule has 0 aliphatic carbocycles. The van der Waals surface area contributed by atoms with Crippen LogP contribution in [0.3, 0.4) is 0 Å². The second-order valence-electron chi connectivity index (χ2n) is 13.3. The molecule has 0 saturated carbocycles. The number of aromatic nitrogens is 1. The summed E-state index contributed by atoms with van der Waals surface area (Å²) in [5, 5.41) is 26.5. The van der Waals surface area contributed by atoms with E-state index in [2.05, 4.69) is 113 Å². The number of fused-ring (bicyclic) bond motifs is 10. The first kappa shape index (κ1) is 33.8. The zero-order chi connectivity index (χ0) is 35.5. The molecular formula is C48H31N3OSW. The molecular weight excluding hydrogens is 850 g/mol. The van der Waals surface area contributed by atoms with Gasteiger partial charge in [-0.05, 0) is 69.2 Å². The van der Waals surface area contributed by atoms with E-state index in [0.717, 1.165) is 16.5 Å². The minimum absolute atomic E-state index is 0. The Morgan fingerprint density at radius 1 is 0.556 bits per heavy atom. The van der Waals surface area contributed by atoms with E-state index < -0.39 is 0 Å². The third kappa shape index (κ3) is 5.68. The minimum atomic E-state index is 0. The maximum atomic E-state index is 10.9. The molecule has 4 nitrogen and oxygen atoms in total. The Hall–Kier alpha value is -6.00. The number of hydrogen-bond donors (Lipinski definition) is 1. The summed E-state index contributed by atoms with van der Waals surface area (Å²) >= 11 is 1.90. The third-order valence-corrected chi connectivity index (χ3v) is 11.5. The first-order chi connectivity index (χ1) is 26.1. The van der Waals surface area contributed by atoms with Gasteiger partial charge in [-0.1, -0.05) is 133 Å². The Morgan fingerprint density at radius 3 is 2.07 bits per heavy atom. The van der Waals surface area contributed by atoms with Crippen molar-refractivity contribution in [1.29, 1.82) is 0 Å². The number of hydrogen-bond acceptors (Lipinski definition) is 2. The molecule has 11 aromatic rings. The average molecular weight is 882 g/mol. The van der Waals surface area contributed by atoms with Crippen molar-refractivity contribution >= 4 is 97.2 Å². The maximum Gasteiger partial charge on any atom is 2.00 e. The molecule has 0 aliphatic rings. The van der Waals surface area contributed by atoms with Gasteiger partial charge in [0.2, 0.25) is 0 Å². The summed E-state index contributed by atoms with van der Waals surface area (Å²) in [5.41, 5.74) is 6.81. The first-order valence-electron chi connectivity index (χ1n) is 17.6. The number of aromatic amines is 1. The van der Waals surface area contributed by atoms with Gasteiger partial charge in [-0.2, -0.15) is 0 Å². The Kier molecular flexibility index (Phi) is 8.62. The van der Waals surface area contributed by atoms with E-state index >= 15 is 0 Å². The van der Waals surface area contributed by atoms with E-state index in [0.29, 0.717) is 22.6 Å². The fraction of sp³-hybridized carbons (Fsp3) is 0.0208. The van der Waals surface area contributed by atoms with Crippen molar-refractivity contribution in [3.8, 4) is 11.1 Å². The molecule has 8 aromatic carbocycles. The van der Waals surface area contributed by atoms with Crippen molar-refractivity contribution in [3.63, 3.8) is 0 Å². The van der Waals surface area contributed by atoms with Crippen LogP contribution in [0.4, 0.5) is 5.69 Å². The summed E-state index contributed by atoms with van der Waals surface area (Å²) in [6.45, 7) is 0. The molecule has 0 unspecified atom stereocenters. The second-order valence-corrected chi connectivity index (χ2v) is 14.4. The Balaban J connectivity index is 0.000000142. The molecule has 0 saturated heterocycles. The monoisotopic (exact) mass is 881 g/mol. The Morgan fingerprint density at radius 2 is 1.24 bits per heavy atom. The molecule has 0 radical (unpaired) electrons. The van der Waals surface area contributed by atoms with E-state index in [9.17, 15) is 5.41 Å². The van der Waals surface area contributed by atoms with Gasteiger partial charge in [-0.25, -0.2) is 0 Å². The summed E-state index contributed by atoms with van der Waals surface area (Å²) < 4.78 is 8.64. The molecule has 0 bridgehead atoms. The van der Waals surface area contributed by atoms with E-state index in [1.165, 1.54) is 63.5 Å². The molecule has 3 aromatic heterocycles. The molecule has 1 N–H and O–H groups in total. The number of thiophene rings is 1. The van der Waals surface area contributed by atoms with Crippen LogP contribution in [0, 0.1) is 0 Å². The molecule has 11 rings (SSSR count). The first-order valence-corrected chi connectivity index (χ1v) is 18.5. The van der Waals surface area contributed by atoms with Crippen LogP contribution in [-0.2, 0) is 21.1 Å². The number of para-hydroxylation sites is 2. The zero-order valence-corrected chi connectivity index (χ0v) is 33.0. The molecule has 256 valence electrons. The van der Waals surface area contributed by atoms with E-state index in [1.807, 2.05) is 72.0 Å².